The van der Waals surface area contributed by atoms with E-state index in [1.54, 1.807) is 0 Å². The summed E-state index contributed by atoms with van der Waals surface area (Å²) in [5, 5.41) is 5.26. The van der Waals surface area contributed by atoms with Crippen LogP contribution in [0.2, 0.25) is 0 Å². The molecule has 0 unspecified atom stereocenters. The molecule has 5 rings (SSSR count). The van der Waals surface area contributed by atoms with E-state index in [2.05, 4.69) is 20.1 Å². The number of nitrogens with zero attached hydrogens (tertiary/aromatic N) is 1. The lowest BCUT2D eigenvalue weighted by Gasteiger charge is -2.33. The van der Waals surface area contributed by atoms with Crippen molar-refractivity contribution in [3.63, 3.8) is 0 Å². The van der Waals surface area contributed by atoms with Gasteiger partial charge in [0.25, 0.3) is 5.91 Å². The van der Waals surface area contributed by atoms with Crippen LogP contribution in [-0.2, 0) is 21.5 Å². The molecule has 1 spiro atoms. The Kier molecular flexibility index (Phi) is 4.14. The van der Waals surface area contributed by atoms with Crippen LogP contribution in [0.15, 0.2) is 42.5 Å². The Balaban J connectivity index is 1.32. The highest BCUT2D eigenvalue weighted by Gasteiger charge is 2.54. The molecule has 160 valence electrons. The number of hydrogen-bond acceptors (Lipinski definition) is 5. The summed E-state index contributed by atoms with van der Waals surface area (Å²) in [7, 11) is 0. The number of carbonyl (C=O) groups excluding carboxylic acids is 3. The molecule has 1 atom stereocenters. The zero-order valence-electron chi connectivity index (χ0n) is 16.1. The zero-order chi connectivity index (χ0) is 21.8. The maximum atomic E-state index is 13.2. The van der Waals surface area contributed by atoms with Crippen LogP contribution in [0.5, 0.6) is 11.5 Å². The minimum Gasteiger partial charge on any atom is -0.395 e. The van der Waals surface area contributed by atoms with Gasteiger partial charge in [-0.25, -0.2) is 4.79 Å². The minimum absolute atomic E-state index is 0.157. The molecule has 2 N–H and O–H groups in total. The first-order valence-electron chi connectivity index (χ1n) is 9.70. The zero-order valence-corrected chi connectivity index (χ0v) is 16.1. The van der Waals surface area contributed by atoms with Crippen LogP contribution in [0.1, 0.15) is 24.0 Å². The van der Waals surface area contributed by atoms with E-state index in [1.807, 2.05) is 24.3 Å². The van der Waals surface area contributed by atoms with Crippen LogP contribution in [0.25, 0.3) is 0 Å². The molecule has 0 saturated carbocycles. The number of alkyl halides is 2. The third-order valence-electron chi connectivity index (χ3n) is 5.64. The van der Waals surface area contributed by atoms with Crippen molar-refractivity contribution >= 4 is 23.5 Å². The molecule has 8 nitrogen and oxygen atoms in total. The highest BCUT2D eigenvalue weighted by atomic mass is 19.3. The Hall–Kier alpha value is -3.69. The lowest BCUT2D eigenvalue weighted by atomic mass is 9.76. The number of fused-ring (bicyclic) bond motifs is 3. The largest absolute Gasteiger partial charge is 0.586 e. The maximum absolute atomic E-state index is 13.2. The smallest absolute Gasteiger partial charge is 0.395 e. The first-order valence-corrected chi connectivity index (χ1v) is 9.70. The van der Waals surface area contributed by atoms with Gasteiger partial charge in [-0.15, -0.1) is 8.78 Å². The molecule has 31 heavy (non-hydrogen) atoms. The highest BCUT2D eigenvalue weighted by Crippen LogP contribution is 2.42. The average Bonchev–Trinajstić information content (AvgIpc) is 3.15. The molecular weight excluding hydrogens is 412 g/mol. The lowest BCUT2D eigenvalue weighted by molar-refractivity contribution is -0.286. The molecule has 0 aromatic heterocycles. The predicted octanol–water partition coefficient (Wildman–Crippen LogP) is 2.73. The van der Waals surface area contributed by atoms with Crippen molar-refractivity contribution in [3.05, 3.63) is 53.6 Å². The third kappa shape index (κ3) is 3.15. The Morgan fingerprint density at radius 3 is 2.74 bits per heavy atom. The number of aryl methyl sites for hydroxylation is 1. The van der Waals surface area contributed by atoms with Gasteiger partial charge >= 0.3 is 12.3 Å². The number of urea groups is 1. The highest BCUT2D eigenvalue weighted by molar-refractivity contribution is 6.10. The number of halogens is 2. The van der Waals surface area contributed by atoms with Crippen molar-refractivity contribution in [3.8, 4) is 11.5 Å². The van der Waals surface area contributed by atoms with Gasteiger partial charge in [0.05, 0.1) is 0 Å². The molecule has 2 aliphatic heterocycles. The molecule has 1 fully saturated rings. The van der Waals surface area contributed by atoms with E-state index in [0.29, 0.717) is 6.42 Å². The van der Waals surface area contributed by atoms with Gasteiger partial charge in [0.1, 0.15) is 12.1 Å². The van der Waals surface area contributed by atoms with Crippen molar-refractivity contribution in [1.29, 1.82) is 0 Å². The summed E-state index contributed by atoms with van der Waals surface area (Å²) in [5.74, 6) is -1.52. The fraction of sp³-hybridized carbons (Fsp3) is 0.286. The van der Waals surface area contributed by atoms with Crippen LogP contribution in [-0.4, -0.2) is 35.6 Å². The summed E-state index contributed by atoms with van der Waals surface area (Å²) in [6.07, 6.45) is -1.78. The van der Waals surface area contributed by atoms with Gasteiger partial charge in [-0.1, -0.05) is 24.3 Å². The quantitative estimate of drug-likeness (QED) is 0.732. The second kappa shape index (κ2) is 6.66. The van der Waals surface area contributed by atoms with Crippen molar-refractivity contribution in [2.45, 2.75) is 31.1 Å². The Morgan fingerprint density at radius 1 is 1.13 bits per heavy atom. The molecule has 4 amide bonds. The molecule has 2 heterocycles. The molecule has 0 bridgehead atoms. The Morgan fingerprint density at radius 2 is 1.90 bits per heavy atom. The number of amides is 4. The van der Waals surface area contributed by atoms with Crippen LogP contribution in [0.4, 0.5) is 19.3 Å². The van der Waals surface area contributed by atoms with E-state index in [1.165, 1.54) is 18.2 Å². The predicted molar refractivity (Wildman–Crippen MR) is 103 cm³/mol. The van der Waals surface area contributed by atoms with Crippen molar-refractivity contribution in [2.75, 3.05) is 11.9 Å². The first-order chi connectivity index (χ1) is 14.8. The normalized spacial score (nSPS) is 23.0. The second-order valence-corrected chi connectivity index (χ2v) is 7.61. The van der Waals surface area contributed by atoms with Crippen LogP contribution >= 0.6 is 0 Å². The fourth-order valence-electron chi connectivity index (χ4n) is 4.33. The van der Waals surface area contributed by atoms with Crippen LogP contribution in [0, 0.1) is 0 Å². The van der Waals surface area contributed by atoms with E-state index < -0.39 is 36.2 Å². The molecule has 3 aliphatic rings. The summed E-state index contributed by atoms with van der Waals surface area (Å²) in [6.45, 7) is -0.515. The van der Waals surface area contributed by atoms with Crippen LogP contribution < -0.4 is 20.1 Å². The van der Waals surface area contributed by atoms with Gasteiger partial charge in [0.2, 0.25) is 5.91 Å². The van der Waals surface area contributed by atoms with Crippen molar-refractivity contribution < 1.29 is 32.6 Å². The lowest BCUT2D eigenvalue weighted by Crippen LogP contribution is -2.47. The summed E-state index contributed by atoms with van der Waals surface area (Å²) >= 11 is 0. The summed E-state index contributed by atoms with van der Waals surface area (Å²) < 4.78 is 35.0. The Bertz CT molecular complexity index is 1120. The molecule has 2 aromatic carbocycles. The first kappa shape index (κ1) is 19.3. The SMILES string of the molecule is O=C(CN1C(=O)N[C@]2(CCCc3ccccc32)C1=O)Nc1ccc2c(c1)OC(F)(F)O2. The van der Waals surface area contributed by atoms with Gasteiger partial charge in [-0.2, -0.15) is 0 Å². The van der Waals surface area contributed by atoms with E-state index in [-0.39, 0.29) is 17.2 Å². The molecule has 2 aromatic rings. The standard InChI is InChI=1S/C21H17F2N3O5/c22-21(23)30-15-8-7-13(10-16(15)31-21)24-17(27)11-26-18(28)20(25-19(26)29)9-3-5-12-4-1-2-6-14(12)20/h1-2,4,6-8,10H,3,5,9,11H2,(H,24,27)(H,25,29)/t20-/m0/s1. The second-order valence-electron chi connectivity index (χ2n) is 7.61. The summed E-state index contributed by atoms with van der Waals surface area (Å²) in [5.41, 5.74) is 0.733. The molecule has 0 radical (unpaired) electrons. The summed E-state index contributed by atoms with van der Waals surface area (Å²) in [4.78, 5) is 39.2. The number of benzene rings is 2. The average molecular weight is 429 g/mol. The van der Waals surface area contributed by atoms with Gasteiger partial charge < -0.3 is 20.1 Å². The van der Waals surface area contributed by atoms with Crippen LogP contribution in [0.3, 0.4) is 0 Å². The van der Waals surface area contributed by atoms with E-state index in [0.717, 1.165) is 28.9 Å². The topological polar surface area (TPSA) is 97.0 Å². The molecule has 1 aliphatic carbocycles. The molecule has 1 saturated heterocycles. The number of rotatable bonds is 3. The molecule has 10 heteroatoms. The number of hydrogen-bond donors (Lipinski definition) is 2. The van der Waals surface area contributed by atoms with Gasteiger partial charge in [-0.05, 0) is 42.5 Å². The number of ether oxygens (including phenoxy) is 2. The molecular formula is C21H17F2N3O5. The summed E-state index contributed by atoms with van der Waals surface area (Å²) in [6, 6.07) is 10.5. The number of imide groups is 1. The minimum atomic E-state index is -3.77. The monoisotopic (exact) mass is 429 g/mol. The number of anilines is 1. The van der Waals surface area contributed by atoms with E-state index in [4.69, 9.17) is 0 Å². The van der Waals surface area contributed by atoms with Crippen molar-refractivity contribution in [2.24, 2.45) is 0 Å². The number of carbonyl (C=O) groups is 3. The van der Waals surface area contributed by atoms with Gasteiger partial charge in [0.15, 0.2) is 11.5 Å². The maximum Gasteiger partial charge on any atom is 0.586 e. The van der Waals surface area contributed by atoms with E-state index in [9.17, 15) is 23.2 Å². The third-order valence-corrected chi connectivity index (χ3v) is 5.64. The van der Waals surface area contributed by atoms with E-state index >= 15 is 0 Å². The van der Waals surface area contributed by atoms with Gasteiger partial charge in [0, 0.05) is 11.8 Å². The van der Waals surface area contributed by atoms with Crippen molar-refractivity contribution in [1.82, 2.24) is 10.2 Å². The Labute approximate surface area is 175 Å². The number of nitrogens with one attached hydrogen (secondary N) is 2. The fourth-order valence-corrected chi connectivity index (χ4v) is 4.33. The van der Waals surface area contributed by atoms with Gasteiger partial charge in [-0.3, -0.25) is 14.5 Å².